The normalized spacial score (nSPS) is 12.8. The first-order valence-electron chi connectivity index (χ1n) is 6.11. The first kappa shape index (κ1) is 12.9. The van der Waals surface area contributed by atoms with E-state index >= 15 is 0 Å². The smallest absolute Gasteiger partial charge is 0.0804 e. The quantitative estimate of drug-likeness (QED) is 0.650. The molecule has 0 heterocycles. The second-order valence-electron chi connectivity index (χ2n) is 4.30. The van der Waals surface area contributed by atoms with Crippen LogP contribution >= 0.6 is 0 Å². The Labute approximate surface area is 108 Å². The fraction of sp³-hybridized carbons (Fsp3) is 0.333. The van der Waals surface area contributed by atoms with Crippen molar-refractivity contribution in [2.75, 3.05) is 26.1 Å². The van der Waals surface area contributed by atoms with E-state index < -0.39 is 0 Å². The molecule has 2 aromatic rings. The topological polar surface area (TPSA) is 44.5 Å². The Morgan fingerprint density at radius 3 is 2.50 bits per heavy atom. The van der Waals surface area contributed by atoms with Crippen molar-refractivity contribution in [3.63, 3.8) is 0 Å². The number of anilines is 1. The van der Waals surface area contributed by atoms with Gasteiger partial charge in [-0.3, -0.25) is 0 Å². The number of methoxy groups -OCH3 is 1. The predicted molar refractivity (Wildman–Crippen MR) is 74.6 cm³/mol. The summed E-state index contributed by atoms with van der Waals surface area (Å²) in [6.45, 7) is 3.25. The second-order valence-corrected chi connectivity index (χ2v) is 4.30. The van der Waals surface area contributed by atoms with E-state index in [1.165, 1.54) is 0 Å². The maximum atomic E-state index is 5.99. The van der Waals surface area contributed by atoms with Crippen molar-refractivity contribution in [2.45, 2.75) is 13.0 Å². The Hall–Kier alpha value is -1.58. The third kappa shape index (κ3) is 2.63. The zero-order chi connectivity index (χ0) is 13.0. The van der Waals surface area contributed by atoms with Crippen LogP contribution in [0.2, 0.25) is 0 Å². The molecule has 3 heteroatoms. The average Bonchev–Trinajstić information content (AvgIpc) is 2.39. The average molecular weight is 245 g/mol. The summed E-state index contributed by atoms with van der Waals surface area (Å²) >= 11 is 0. The Balaban J connectivity index is 2.30. The molecule has 0 saturated carbocycles. The Morgan fingerprint density at radius 1 is 1.06 bits per heavy atom. The highest BCUT2D eigenvalue weighted by Gasteiger charge is 2.10. The fourth-order valence-electron chi connectivity index (χ4n) is 2.10. The molecule has 2 rings (SSSR count). The number of ether oxygens (including phenoxy) is 2. The van der Waals surface area contributed by atoms with Gasteiger partial charge in [-0.05, 0) is 23.9 Å². The van der Waals surface area contributed by atoms with E-state index in [2.05, 4.69) is 6.07 Å². The summed E-state index contributed by atoms with van der Waals surface area (Å²) in [5.41, 5.74) is 7.95. The minimum atomic E-state index is 0.0330. The van der Waals surface area contributed by atoms with Gasteiger partial charge in [0.1, 0.15) is 0 Å². The lowest BCUT2D eigenvalue weighted by atomic mass is 10.00. The van der Waals surface area contributed by atoms with Gasteiger partial charge >= 0.3 is 0 Å². The molecule has 0 radical (unpaired) electrons. The Morgan fingerprint density at radius 2 is 1.78 bits per heavy atom. The van der Waals surface area contributed by atoms with Crippen molar-refractivity contribution >= 4 is 16.5 Å². The third-order valence-electron chi connectivity index (χ3n) is 3.08. The lowest BCUT2D eigenvalue weighted by molar-refractivity contribution is 0.0262. The van der Waals surface area contributed by atoms with Crippen LogP contribution in [0.5, 0.6) is 0 Å². The van der Waals surface area contributed by atoms with Crippen LogP contribution in [0, 0.1) is 0 Å². The number of nitrogen functional groups attached to an aromatic ring is 1. The molecule has 3 nitrogen and oxygen atoms in total. The highest BCUT2D eigenvalue weighted by molar-refractivity contribution is 5.95. The number of fused-ring (bicyclic) bond motifs is 1. The Bertz CT molecular complexity index is 525. The van der Waals surface area contributed by atoms with E-state index in [1.807, 2.05) is 37.3 Å². The molecule has 0 aliphatic carbocycles. The molecule has 1 atom stereocenters. The molecule has 0 aliphatic heterocycles. The van der Waals surface area contributed by atoms with Crippen LogP contribution in [0.4, 0.5) is 5.69 Å². The van der Waals surface area contributed by atoms with Gasteiger partial charge in [0, 0.05) is 18.2 Å². The number of hydrogen-bond donors (Lipinski definition) is 1. The van der Waals surface area contributed by atoms with Gasteiger partial charge in [-0.25, -0.2) is 0 Å². The summed E-state index contributed by atoms with van der Waals surface area (Å²) in [7, 11) is 1.67. The van der Waals surface area contributed by atoms with E-state index in [9.17, 15) is 0 Å². The van der Waals surface area contributed by atoms with Crippen LogP contribution in [0.1, 0.15) is 18.6 Å². The molecule has 2 N–H and O–H groups in total. The van der Waals surface area contributed by atoms with Crippen molar-refractivity contribution in [2.24, 2.45) is 0 Å². The summed E-state index contributed by atoms with van der Waals surface area (Å²) in [5, 5.41) is 2.24. The molecule has 0 unspecified atom stereocenters. The second kappa shape index (κ2) is 5.85. The lowest BCUT2D eigenvalue weighted by Gasteiger charge is -2.16. The van der Waals surface area contributed by atoms with E-state index in [-0.39, 0.29) is 6.10 Å². The van der Waals surface area contributed by atoms with Gasteiger partial charge < -0.3 is 15.2 Å². The monoisotopic (exact) mass is 245 g/mol. The molecule has 2 aromatic carbocycles. The zero-order valence-corrected chi connectivity index (χ0v) is 10.8. The maximum Gasteiger partial charge on any atom is 0.0804 e. The maximum absolute atomic E-state index is 5.99. The zero-order valence-electron chi connectivity index (χ0n) is 10.8. The van der Waals surface area contributed by atoms with Crippen molar-refractivity contribution in [1.29, 1.82) is 0 Å². The molecule has 0 aromatic heterocycles. The van der Waals surface area contributed by atoms with E-state index in [0.29, 0.717) is 13.2 Å². The summed E-state index contributed by atoms with van der Waals surface area (Å²) in [5.74, 6) is 0. The van der Waals surface area contributed by atoms with Gasteiger partial charge in [0.2, 0.25) is 0 Å². The van der Waals surface area contributed by atoms with Gasteiger partial charge in [-0.2, -0.15) is 0 Å². The van der Waals surface area contributed by atoms with E-state index in [0.717, 1.165) is 22.0 Å². The molecule has 96 valence electrons. The van der Waals surface area contributed by atoms with Gasteiger partial charge in [0.05, 0.1) is 19.3 Å². The summed E-state index contributed by atoms with van der Waals surface area (Å²) in [6.07, 6.45) is 0.0330. The van der Waals surface area contributed by atoms with Crippen LogP contribution in [0.25, 0.3) is 10.8 Å². The minimum absolute atomic E-state index is 0.0330. The molecule has 0 spiro atoms. The molecule has 0 aliphatic rings. The van der Waals surface area contributed by atoms with Crippen LogP contribution in [0.15, 0.2) is 36.4 Å². The SMILES string of the molecule is COCCO[C@H](C)c1ccc(N)c2ccccc12. The van der Waals surface area contributed by atoms with E-state index in [1.54, 1.807) is 7.11 Å². The highest BCUT2D eigenvalue weighted by Crippen LogP contribution is 2.29. The Kier molecular flexibility index (Phi) is 4.18. The largest absolute Gasteiger partial charge is 0.398 e. The summed E-state index contributed by atoms with van der Waals surface area (Å²) in [4.78, 5) is 0. The molecular formula is C15H19NO2. The predicted octanol–water partition coefficient (Wildman–Crippen LogP) is 3.15. The number of benzene rings is 2. The standard InChI is InChI=1S/C15H19NO2/c1-11(18-10-9-17-2)12-7-8-15(16)14-6-4-3-5-13(12)14/h3-8,11H,9-10,16H2,1-2H3/t11-/m1/s1. The van der Waals surface area contributed by atoms with E-state index in [4.69, 9.17) is 15.2 Å². The number of nitrogens with two attached hydrogens (primary N) is 1. The van der Waals surface area contributed by atoms with Crippen molar-refractivity contribution in [1.82, 2.24) is 0 Å². The van der Waals surface area contributed by atoms with Gasteiger partial charge in [-0.15, -0.1) is 0 Å². The van der Waals surface area contributed by atoms with Gasteiger partial charge in [-0.1, -0.05) is 30.3 Å². The van der Waals surface area contributed by atoms with Crippen molar-refractivity contribution < 1.29 is 9.47 Å². The van der Waals surface area contributed by atoms with Crippen LogP contribution < -0.4 is 5.73 Å². The van der Waals surface area contributed by atoms with Crippen LogP contribution in [0.3, 0.4) is 0 Å². The molecule has 0 saturated heterocycles. The first-order chi connectivity index (χ1) is 8.74. The fourth-order valence-corrected chi connectivity index (χ4v) is 2.10. The lowest BCUT2D eigenvalue weighted by Crippen LogP contribution is -2.06. The summed E-state index contributed by atoms with van der Waals surface area (Å²) in [6, 6.07) is 12.1. The molecular weight excluding hydrogens is 226 g/mol. The number of hydrogen-bond acceptors (Lipinski definition) is 3. The number of rotatable bonds is 5. The first-order valence-corrected chi connectivity index (χ1v) is 6.11. The molecule has 18 heavy (non-hydrogen) atoms. The molecule has 0 fully saturated rings. The van der Waals surface area contributed by atoms with Crippen molar-refractivity contribution in [3.05, 3.63) is 42.0 Å². The minimum Gasteiger partial charge on any atom is -0.398 e. The molecule has 0 bridgehead atoms. The van der Waals surface area contributed by atoms with Gasteiger partial charge in [0.15, 0.2) is 0 Å². The van der Waals surface area contributed by atoms with Crippen LogP contribution in [-0.2, 0) is 9.47 Å². The van der Waals surface area contributed by atoms with Crippen LogP contribution in [-0.4, -0.2) is 20.3 Å². The van der Waals surface area contributed by atoms with Crippen molar-refractivity contribution in [3.8, 4) is 0 Å². The third-order valence-corrected chi connectivity index (χ3v) is 3.08. The van der Waals surface area contributed by atoms with Gasteiger partial charge in [0.25, 0.3) is 0 Å². The molecule has 0 amide bonds. The summed E-state index contributed by atoms with van der Waals surface area (Å²) < 4.78 is 10.7. The highest BCUT2D eigenvalue weighted by atomic mass is 16.5.